The SMILES string of the molecule is O=C(COc1ccc(Cl)cc1Br)Nc1ccc(S(=O)(=O)N2CCOCC2)cc1. The molecule has 0 bridgehead atoms. The Morgan fingerprint density at radius 3 is 2.50 bits per heavy atom. The second-order valence-electron chi connectivity index (χ2n) is 5.95. The molecular weight excluding hydrogens is 472 g/mol. The number of nitrogens with zero attached hydrogens (tertiary/aromatic N) is 1. The summed E-state index contributed by atoms with van der Waals surface area (Å²) in [7, 11) is -3.56. The van der Waals surface area contributed by atoms with Crippen LogP contribution in [-0.2, 0) is 19.6 Å². The van der Waals surface area contributed by atoms with Crippen molar-refractivity contribution in [3.8, 4) is 5.75 Å². The predicted octanol–water partition coefficient (Wildman–Crippen LogP) is 3.14. The molecular formula is C18H18BrClN2O5S. The van der Waals surface area contributed by atoms with E-state index in [4.69, 9.17) is 21.1 Å². The van der Waals surface area contributed by atoms with Crippen LogP contribution in [0.1, 0.15) is 0 Å². The van der Waals surface area contributed by atoms with Gasteiger partial charge in [-0.3, -0.25) is 4.79 Å². The molecule has 0 aliphatic carbocycles. The van der Waals surface area contributed by atoms with Crippen molar-refractivity contribution in [2.45, 2.75) is 4.90 Å². The number of hydrogen-bond donors (Lipinski definition) is 1. The lowest BCUT2D eigenvalue weighted by molar-refractivity contribution is -0.118. The highest BCUT2D eigenvalue weighted by molar-refractivity contribution is 9.10. The summed E-state index contributed by atoms with van der Waals surface area (Å²) in [5, 5.41) is 3.22. The van der Waals surface area contributed by atoms with Crippen molar-refractivity contribution >= 4 is 49.1 Å². The largest absolute Gasteiger partial charge is 0.483 e. The normalized spacial score (nSPS) is 15.2. The van der Waals surface area contributed by atoms with Crippen LogP contribution in [0.25, 0.3) is 0 Å². The zero-order valence-corrected chi connectivity index (χ0v) is 17.9. The van der Waals surface area contributed by atoms with Crippen LogP contribution in [-0.4, -0.2) is 51.5 Å². The van der Waals surface area contributed by atoms with Gasteiger partial charge in [-0.15, -0.1) is 0 Å². The molecule has 1 saturated heterocycles. The van der Waals surface area contributed by atoms with Gasteiger partial charge >= 0.3 is 0 Å². The van der Waals surface area contributed by atoms with Crippen LogP contribution in [0.4, 0.5) is 5.69 Å². The average Bonchev–Trinajstić information content (AvgIpc) is 2.68. The summed E-state index contributed by atoms with van der Waals surface area (Å²) >= 11 is 9.18. The molecule has 0 saturated carbocycles. The molecule has 2 aromatic carbocycles. The van der Waals surface area contributed by atoms with E-state index in [2.05, 4.69) is 21.2 Å². The first kappa shape index (κ1) is 21.1. The fraction of sp³-hybridized carbons (Fsp3) is 0.278. The lowest BCUT2D eigenvalue weighted by Crippen LogP contribution is -2.40. The van der Waals surface area contributed by atoms with E-state index in [0.717, 1.165) is 0 Å². The van der Waals surface area contributed by atoms with Crippen molar-refractivity contribution in [3.63, 3.8) is 0 Å². The maximum atomic E-state index is 12.6. The summed E-state index contributed by atoms with van der Waals surface area (Å²) in [4.78, 5) is 12.3. The van der Waals surface area contributed by atoms with E-state index in [1.165, 1.54) is 16.4 Å². The van der Waals surface area contributed by atoms with Gasteiger partial charge in [-0.25, -0.2) is 8.42 Å². The Kier molecular flexibility index (Phi) is 6.95. The molecule has 0 aromatic heterocycles. The van der Waals surface area contributed by atoms with E-state index < -0.39 is 10.0 Å². The second kappa shape index (κ2) is 9.23. The smallest absolute Gasteiger partial charge is 0.262 e. The molecule has 3 rings (SSSR count). The fourth-order valence-electron chi connectivity index (χ4n) is 2.58. The van der Waals surface area contributed by atoms with Gasteiger partial charge in [-0.2, -0.15) is 4.31 Å². The van der Waals surface area contributed by atoms with Crippen LogP contribution in [0.15, 0.2) is 51.8 Å². The van der Waals surface area contributed by atoms with Crippen molar-refractivity contribution < 1.29 is 22.7 Å². The molecule has 0 unspecified atom stereocenters. The van der Waals surface area contributed by atoms with Gasteiger partial charge in [0.15, 0.2) is 6.61 Å². The molecule has 0 spiro atoms. The fourth-order valence-corrected chi connectivity index (χ4v) is 4.78. The number of rotatable bonds is 6. The Labute approximate surface area is 176 Å². The molecule has 7 nitrogen and oxygen atoms in total. The highest BCUT2D eigenvalue weighted by Crippen LogP contribution is 2.28. The first-order chi connectivity index (χ1) is 13.4. The number of anilines is 1. The minimum atomic E-state index is -3.56. The molecule has 0 radical (unpaired) electrons. The summed E-state index contributed by atoms with van der Waals surface area (Å²) < 4.78 is 37.8. The lowest BCUT2D eigenvalue weighted by Gasteiger charge is -2.26. The first-order valence-electron chi connectivity index (χ1n) is 8.42. The molecule has 1 heterocycles. The predicted molar refractivity (Wildman–Crippen MR) is 109 cm³/mol. The maximum Gasteiger partial charge on any atom is 0.262 e. The van der Waals surface area contributed by atoms with Crippen molar-refractivity contribution in [3.05, 3.63) is 52.0 Å². The molecule has 150 valence electrons. The van der Waals surface area contributed by atoms with Crippen LogP contribution in [0.2, 0.25) is 5.02 Å². The number of nitrogens with one attached hydrogen (secondary N) is 1. The van der Waals surface area contributed by atoms with E-state index in [-0.39, 0.29) is 17.4 Å². The van der Waals surface area contributed by atoms with Gasteiger partial charge in [0, 0.05) is 23.8 Å². The monoisotopic (exact) mass is 488 g/mol. The Morgan fingerprint density at radius 1 is 1.18 bits per heavy atom. The van der Waals surface area contributed by atoms with Crippen LogP contribution in [0.5, 0.6) is 5.75 Å². The third-order valence-corrected chi connectivity index (χ3v) is 6.77. The van der Waals surface area contributed by atoms with E-state index in [1.807, 2.05) is 0 Å². The van der Waals surface area contributed by atoms with Crippen LogP contribution in [0, 0.1) is 0 Å². The second-order valence-corrected chi connectivity index (χ2v) is 9.18. The number of ether oxygens (including phenoxy) is 2. The van der Waals surface area contributed by atoms with E-state index >= 15 is 0 Å². The number of carbonyl (C=O) groups is 1. The van der Waals surface area contributed by atoms with Crippen molar-refractivity contribution in [2.24, 2.45) is 0 Å². The van der Waals surface area contributed by atoms with Crippen molar-refractivity contribution in [1.29, 1.82) is 0 Å². The summed E-state index contributed by atoms with van der Waals surface area (Å²) in [6, 6.07) is 11.0. The van der Waals surface area contributed by atoms with Crippen LogP contribution in [0.3, 0.4) is 0 Å². The van der Waals surface area contributed by atoms with Crippen LogP contribution >= 0.6 is 27.5 Å². The minimum absolute atomic E-state index is 0.175. The Hall–Kier alpha value is -1.65. The Bertz CT molecular complexity index is 947. The molecule has 0 atom stereocenters. The van der Waals surface area contributed by atoms with Gasteiger partial charge in [0.1, 0.15) is 5.75 Å². The Morgan fingerprint density at radius 2 is 1.86 bits per heavy atom. The highest BCUT2D eigenvalue weighted by Gasteiger charge is 2.26. The topological polar surface area (TPSA) is 84.9 Å². The number of amides is 1. The van der Waals surface area contributed by atoms with Gasteiger partial charge in [-0.05, 0) is 58.4 Å². The Balaban J connectivity index is 1.58. The molecule has 2 aromatic rings. The average molecular weight is 490 g/mol. The third-order valence-electron chi connectivity index (χ3n) is 4.00. The quantitative estimate of drug-likeness (QED) is 0.674. The third kappa shape index (κ3) is 5.24. The standard InChI is InChI=1S/C18H18BrClN2O5S/c19-16-11-13(20)1-6-17(16)27-12-18(23)21-14-2-4-15(5-3-14)28(24,25)22-7-9-26-10-8-22/h1-6,11H,7-10,12H2,(H,21,23). The summed E-state index contributed by atoms with van der Waals surface area (Å²) in [5.74, 6) is 0.122. The van der Waals surface area contributed by atoms with E-state index in [9.17, 15) is 13.2 Å². The number of carbonyl (C=O) groups excluding carboxylic acids is 1. The highest BCUT2D eigenvalue weighted by atomic mass is 79.9. The van der Waals surface area contributed by atoms with Crippen molar-refractivity contribution in [2.75, 3.05) is 38.2 Å². The van der Waals surface area contributed by atoms with Gasteiger partial charge in [0.25, 0.3) is 5.91 Å². The number of hydrogen-bond acceptors (Lipinski definition) is 5. The van der Waals surface area contributed by atoms with Gasteiger partial charge < -0.3 is 14.8 Å². The van der Waals surface area contributed by atoms with Gasteiger partial charge in [-0.1, -0.05) is 11.6 Å². The maximum absolute atomic E-state index is 12.6. The first-order valence-corrected chi connectivity index (χ1v) is 11.0. The number of benzene rings is 2. The summed E-state index contributed by atoms with van der Waals surface area (Å²) in [6.45, 7) is 1.24. The van der Waals surface area contributed by atoms with Crippen LogP contribution < -0.4 is 10.1 Å². The molecule has 1 N–H and O–H groups in total. The summed E-state index contributed by atoms with van der Waals surface area (Å²) in [5.41, 5.74) is 0.477. The molecule has 1 amide bonds. The zero-order chi connectivity index (χ0) is 20.1. The minimum Gasteiger partial charge on any atom is -0.483 e. The summed E-state index contributed by atoms with van der Waals surface area (Å²) in [6.07, 6.45) is 0. The number of morpholine rings is 1. The van der Waals surface area contributed by atoms with Gasteiger partial charge in [0.05, 0.1) is 22.6 Å². The number of halogens is 2. The lowest BCUT2D eigenvalue weighted by atomic mass is 10.3. The number of sulfonamides is 1. The molecule has 1 aliphatic heterocycles. The van der Waals surface area contributed by atoms with E-state index in [1.54, 1.807) is 30.3 Å². The van der Waals surface area contributed by atoms with Gasteiger partial charge in [0.2, 0.25) is 10.0 Å². The zero-order valence-electron chi connectivity index (χ0n) is 14.7. The van der Waals surface area contributed by atoms with Crippen molar-refractivity contribution in [1.82, 2.24) is 4.31 Å². The van der Waals surface area contributed by atoms with E-state index in [0.29, 0.717) is 47.2 Å². The molecule has 1 fully saturated rings. The molecule has 10 heteroatoms. The molecule has 28 heavy (non-hydrogen) atoms. The molecule has 1 aliphatic rings.